The lowest BCUT2D eigenvalue weighted by Crippen LogP contribution is -2.17. The van der Waals surface area contributed by atoms with Crippen molar-refractivity contribution in [3.05, 3.63) is 82.9 Å². The maximum absolute atomic E-state index is 13.2. The molecule has 0 radical (unpaired) electrons. The van der Waals surface area contributed by atoms with Crippen molar-refractivity contribution < 1.29 is 44.3 Å². The van der Waals surface area contributed by atoms with Crippen LogP contribution in [-0.2, 0) is 18.5 Å². The quantitative estimate of drug-likeness (QED) is 0.275. The van der Waals surface area contributed by atoms with E-state index in [0.29, 0.717) is 11.1 Å². The Bertz CT molecular complexity index is 1430. The first kappa shape index (κ1) is 26.6. The first-order chi connectivity index (χ1) is 17.6. The number of benzene rings is 3. The summed E-state index contributed by atoms with van der Waals surface area (Å²) in [4.78, 5) is 12.8. The van der Waals surface area contributed by atoms with Crippen LogP contribution in [0.1, 0.15) is 27.0 Å². The molecule has 3 aromatic carbocycles. The Morgan fingerprint density at radius 1 is 0.684 bits per heavy atom. The molecule has 0 saturated heterocycles. The maximum Gasteiger partial charge on any atom is 0.416 e. The van der Waals surface area contributed by atoms with Crippen LogP contribution in [0.25, 0.3) is 22.5 Å². The van der Waals surface area contributed by atoms with Gasteiger partial charge in [-0.1, -0.05) is 18.2 Å². The van der Waals surface area contributed by atoms with Crippen molar-refractivity contribution in [1.29, 1.82) is 0 Å². The first-order valence-corrected chi connectivity index (χ1v) is 10.3. The van der Waals surface area contributed by atoms with Gasteiger partial charge in [0.15, 0.2) is 0 Å². The number of carbonyl (C=O) groups is 1. The molecule has 0 aliphatic heterocycles. The number of nitrogens with one attached hydrogen (secondary N) is 2. The van der Waals surface area contributed by atoms with Crippen LogP contribution in [0.3, 0.4) is 0 Å². The van der Waals surface area contributed by atoms with Crippen LogP contribution in [-0.4, -0.2) is 26.5 Å². The summed E-state index contributed by atoms with van der Waals surface area (Å²) in [5, 5.41) is 15.3. The standard InChI is InChI=1S/C23H12F9N5O/c24-21(25,26)14-4-1-11(2-5-14)12-3-6-18(17(9-12)19-34-36-37-35-19)33-20(38)13-7-15(22(27,28)29)10-16(8-13)23(30,31)32/h1-10H,(H,33,38)(H,34,35,36,37). The number of anilines is 1. The van der Waals surface area contributed by atoms with Crippen molar-refractivity contribution in [3.63, 3.8) is 0 Å². The molecule has 0 unspecified atom stereocenters. The summed E-state index contributed by atoms with van der Waals surface area (Å²) < 4.78 is 118. The van der Waals surface area contributed by atoms with Crippen LogP contribution in [0.5, 0.6) is 0 Å². The highest BCUT2D eigenvalue weighted by molar-refractivity contribution is 6.06. The second kappa shape index (κ2) is 9.46. The highest BCUT2D eigenvalue weighted by atomic mass is 19.4. The first-order valence-electron chi connectivity index (χ1n) is 10.3. The molecule has 0 aliphatic rings. The predicted octanol–water partition coefficient (Wildman–Crippen LogP) is 6.84. The lowest BCUT2D eigenvalue weighted by atomic mass is 9.99. The Hall–Kier alpha value is -4.43. The number of aromatic amines is 1. The average molecular weight is 545 g/mol. The molecule has 1 heterocycles. The summed E-state index contributed by atoms with van der Waals surface area (Å²) >= 11 is 0. The minimum atomic E-state index is -5.16. The molecule has 15 heteroatoms. The molecule has 4 rings (SSSR count). The number of hydrogen-bond donors (Lipinski definition) is 2. The smallest absolute Gasteiger partial charge is 0.321 e. The van der Waals surface area contributed by atoms with E-state index in [1.54, 1.807) is 0 Å². The lowest BCUT2D eigenvalue weighted by molar-refractivity contribution is -0.143. The molecule has 4 aromatic rings. The van der Waals surface area contributed by atoms with Crippen molar-refractivity contribution in [2.24, 2.45) is 0 Å². The van der Waals surface area contributed by atoms with Crippen LogP contribution >= 0.6 is 0 Å². The number of hydrogen-bond acceptors (Lipinski definition) is 4. The van der Waals surface area contributed by atoms with Crippen molar-refractivity contribution >= 4 is 11.6 Å². The summed E-state index contributed by atoms with van der Waals surface area (Å²) in [7, 11) is 0. The van der Waals surface area contributed by atoms with Crippen molar-refractivity contribution in [2.75, 3.05) is 5.32 Å². The molecule has 1 aromatic heterocycles. The average Bonchev–Trinajstić information content (AvgIpc) is 3.37. The fraction of sp³-hybridized carbons (Fsp3) is 0.130. The Morgan fingerprint density at radius 2 is 1.24 bits per heavy atom. The lowest BCUT2D eigenvalue weighted by Gasteiger charge is -2.15. The summed E-state index contributed by atoms with van der Waals surface area (Å²) in [5.74, 6) is -1.41. The zero-order valence-corrected chi connectivity index (χ0v) is 18.4. The topological polar surface area (TPSA) is 83.6 Å². The number of amides is 1. The van der Waals surface area contributed by atoms with Gasteiger partial charge in [0.1, 0.15) is 0 Å². The van der Waals surface area contributed by atoms with Crippen molar-refractivity contribution in [2.45, 2.75) is 18.5 Å². The summed E-state index contributed by atoms with van der Waals surface area (Å²) in [5.41, 5.74) is -4.56. The zero-order valence-electron chi connectivity index (χ0n) is 18.4. The highest BCUT2D eigenvalue weighted by Gasteiger charge is 2.37. The molecule has 1 amide bonds. The van der Waals surface area contributed by atoms with Crippen LogP contribution in [0.2, 0.25) is 0 Å². The van der Waals surface area contributed by atoms with E-state index in [1.165, 1.54) is 30.3 Å². The minimum Gasteiger partial charge on any atom is -0.321 e. The van der Waals surface area contributed by atoms with Gasteiger partial charge < -0.3 is 5.32 Å². The normalized spacial score (nSPS) is 12.4. The predicted molar refractivity (Wildman–Crippen MR) is 114 cm³/mol. The Balaban J connectivity index is 1.73. The van der Waals surface area contributed by atoms with Gasteiger partial charge in [-0.3, -0.25) is 4.79 Å². The highest BCUT2D eigenvalue weighted by Crippen LogP contribution is 2.37. The van der Waals surface area contributed by atoms with E-state index >= 15 is 0 Å². The molecule has 2 N–H and O–H groups in total. The summed E-state index contributed by atoms with van der Waals surface area (Å²) in [6, 6.07) is 8.50. The van der Waals surface area contributed by atoms with Crippen LogP contribution in [0, 0.1) is 0 Å². The summed E-state index contributed by atoms with van der Waals surface area (Å²) in [6.07, 6.45) is -14.9. The van der Waals surface area contributed by atoms with Gasteiger partial charge in [-0.05, 0) is 58.8 Å². The van der Waals surface area contributed by atoms with Gasteiger partial charge in [-0.15, -0.1) is 10.2 Å². The van der Waals surface area contributed by atoms with Gasteiger partial charge in [0.25, 0.3) is 5.91 Å². The van der Waals surface area contributed by atoms with E-state index in [-0.39, 0.29) is 35.3 Å². The Kier molecular flexibility index (Phi) is 6.63. The molecule has 0 bridgehead atoms. The minimum absolute atomic E-state index is 0.0347. The van der Waals surface area contributed by atoms with Gasteiger partial charge in [0.2, 0.25) is 5.82 Å². The second-order valence-corrected chi connectivity index (χ2v) is 7.82. The number of nitrogens with zero attached hydrogens (tertiary/aromatic N) is 3. The zero-order chi connectivity index (χ0) is 27.9. The van der Waals surface area contributed by atoms with E-state index in [9.17, 15) is 44.3 Å². The fourth-order valence-electron chi connectivity index (χ4n) is 3.43. The molecule has 0 aliphatic carbocycles. The van der Waals surface area contributed by atoms with E-state index in [0.717, 1.165) is 12.1 Å². The van der Waals surface area contributed by atoms with Gasteiger partial charge in [0.05, 0.1) is 22.4 Å². The van der Waals surface area contributed by atoms with Crippen molar-refractivity contribution in [3.8, 4) is 22.5 Å². The van der Waals surface area contributed by atoms with E-state index in [4.69, 9.17) is 0 Å². The Labute approximate surface area is 206 Å². The SMILES string of the molecule is O=C(Nc1ccc(-c2ccc(C(F)(F)F)cc2)cc1-c1nn[nH]n1)c1cc(C(F)(F)F)cc(C(F)(F)F)c1. The molecule has 0 saturated carbocycles. The van der Waals surface area contributed by atoms with Gasteiger partial charge in [0, 0.05) is 11.1 Å². The number of carbonyl (C=O) groups excluding carboxylic acids is 1. The number of H-pyrrole nitrogens is 1. The molecule has 0 atom stereocenters. The summed E-state index contributed by atoms with van der Waals surface area (Å²) in [6.45, 7) is 0. The maximum atomic E-state index is 13.2. The number of halogens is 9. The van der Waals surface area contributed by atoms with Crippen molar-refractivity contribution in [1.82, 2.24) is 20.6 Å². The van der Waals surface area contributed by atoms with Gasteiger partial charge in [-0.25, -0.2) is 0 Å². The third kappa shape index (κ3) is 5.76. The van der Waals surface area contributed by atoms with Crippen LogP contribution in [0.15, 0.2) is 60.7 Å². The van der Waals surface area contributed by atoms with Crippen LogP contribution in [0.4, 0.5) is 45.2 Å². The molecular weight excluding hydrogens is 533 g/mol. The third-order valence-electron chi connectivity index (χ3n) is 5.25. The largest absolute Gasteiger partial charge is 0.416 e. The van der Waals surface area contributed by atoms with E-state index in [2.05, 4.69) is 25.9 Å². The molecule has 0 fully saturated rings. The third-order valence-corrected chi connectivity index (χ3v) is 5.25. The van der Waals surface area contributed by atoms with Crippen LogP contribution < -0.4 is 5.32 Å². The number of rotatable bonds is 4. The molecule has 0 spiro atoms. The van der Waals surface area contributed by atoms with E-state index in [1.807, 2.05) is 0 Å². The van der Waals surface area contributed by atoms with Gasteiger partial charge >= 0.3 is 18.5 Å². The molecule has 38 heavy (non-hydrogen) atoms. The monoisotopic (exact) mass is 545 g/mol. The van der Waals surface area contributed by atoms with Gasteiger partial charge in [-0.2, -0.15) is 44.7 Å². The molecule has 6 nitrogen and oxygen atoms in total. The number of aromatic nitrogens is 4. The Morgan fingerprint density at radius 3 is 1.74 bits per heavy atom. The number of alkyl halides is 9. The molecular formula is C23H12F9N5O. The molecule has 198 valence electrons. The second-order valence-electron chi connectivity index (χ2n) is 7.82. The fourth-order valence-corrected chi connectivity index (χ4v) is 3.43. The van der Waals surface area contributed by atoms with E-state index < -0.39 is 46.7 Å². The number of tetrazole rings is 1.